The van der Waals surface area contributed by atoms with Crippen LogP contribution in [0.5, 0.6) is 0 Å². The van der Waals surface area contributed by atoms with Crippen molar-refractivity contribution in [1.29, 1.82) is 0 Å². The molecule has 17 heavy (non-hydrogen) atoms. The fourth-order valence-corrected chi connectivity index (χ4v) is 1.32. The lowest BCUT2D eigenvalue weighted by Crippen LogP contribution is -2.37. The zero-order chi connectivity index (χ0) is 13.0. The summed E-state index contributed by atoms with van der Waals surface area (Å²) in [5.41, 5.74) is 6.33. The van der Waals surface area contributed by atoms with Crippen molar-refractivity contribution in [1.82, 2.24) is 9.88 Å². The van der Waals surface area contributed by atoms with Crippen molar-refractivity contribution < 1.29 is 19.4 Å². The van der Waals surface area contributed by atoms with Crippen molar-refractivity contribution in [2.75, 3.05) is 19.4 Å². The van der Waals surface area contributed by atoms with Crippen LogP contribution in [0, 0.1) is 0 Å². The van der Waals surface area contributed by atoms with Crippen LogP contribution in [0.3, 0.4) is 0 Å². The van der Waals surface area contributed by atoms with Gasteiger partial charge < -0.3 is 25.5 Å². The third kappa shape index (κ3) is 3.22. The van der Waals surface area contributed by atoms with Gasteiger partial charge in [0.1, 0.15) is 5.69 Å². The highest BCUT2D eigenvalue weighted by molar-refractivity contribution is 5.94. The molecule has 0 aromatic carbocycles. The fraction of sp³-hybridized carbons (Fsp3) is 0.400. The molecule has 0 fully saturated rings. The Labute approximate surface area is 98.2 Å². The molecule has 1 heterocycles. The number of nitrogens with one attached hydrogen (secondary N) is 1. The number of ether oxygens (including phenoxy) is 1. The third-order valence-corrected chi connectivity index (χ3v) is 2.19. The average Bonchev–Trinajstić information content (AvgIpc) is 2.63. The van der Waals surface area contributed by atoms with E-state index in [1.165, 1.54) is 6.07 Å². The first-order valence-corrected chi connectivity index (χ1v) is 4.91. The van der Waals surface area contributed by atoms with Gasteiger partial charge >= 0.3 is 5.97 Å². The predicted molar refractivity (Wildman–Crippen MR) is 60.2 cm³/mol. The Hall–Kier alpha value is -2.02. The number of nitrogens with zero attached hydrogens (tertiary/aromatic N) is 1. The summed E-state index contributed by atoms with van der Waals surface area (Å²) in [4.78, 5) is 22.5. The molecule has 7 nitrogen and oxygen atoms in total. The summed E-state index contributed by atoms with van der Waals surface area (Å²) >= 11 is 0. The second-order valence-corrected chi connectivity index (χ2v) is 3.52. The number of carbonyl (C=O) groups is 2. The molecule has 0 saturated carbocycles. The molecule has 0 aliphatic carbocycles. The van der Waals surface area contributed by atoms with Crippen LogP contribution in [0.4, 0.5) is 5.69 Å². The van der Waals surface area contributed by atoms with Crippen molar-refractivity contribution in [3.05, 3.63) is 18.0 Å². The smallest absolute Gasteiger partial charge is 0.336 e. The van der Waals surface area contributed by atoms with Crippen LogP contribution in [0.1, 0.15) is 10.5 Å². The van der Waals surface area contributed by atoms with Gasteiger partial charge in [-0.1, -0.05) is 0 Å². The van der Waals surface area contributed by atoms with E-state index in [9.17, 15) is 14.7 Å². The summed E-state index contributed by atoms with van der Waals surface area (Å²) in [6.45, 7) is -0.212. The van der Waals surface area contributed by atoms with Gasteiger partial charge in [0.2, 0.25) is 0 Å². The van der Waals surface area contributed by atoms with Gasteiger partial charge in [-0.2, -0.15) is 0 Å². The monoisotopic (exact) mass is 241 g/mol. The lowest BCUT2D eigenvalue weighted by Gasteiger charge is -2.09. The minimum atomic E-state index is -1.37. The number of amides is 1. The molecular formula is C10H15N3O4. The van der Waals surface area contributed by atoms with Crippen molar-refractivity contribution >= 4 is 17.6 Å². The number of rotatable bonds is 4. The van der Waals surface area contributed by atoms with E-state index in [4.69, 9.17) is 5.73 Å². The Kier molecular flexibility index (Phi) is 4.11. The number of anilines is 1. The van der Waals surface area contributed by atoms with E-state index in [1.807, 2.05) is 0 Å². The van der Waals surface area contributed by atoms with Crippen LogP contribution in [-0.2, 0) is 16.6 Å². The van der Waals surface area contributed by atoms with Crippen molar-refractivity contribution in [3.63, 3.8) is 0 Å². The number of aliphatic hydroxyl groups excluding tert-OH is 1. The third-order valence-electron chi connectivity index (χ3n) is 2.19. The van der Waals surface area contributed by atoms with Gasteiger partial charge in [-0.3, -0.25) is 4.79 Å². The van der Waals surface area contributed by atoms with E-state index in [0.717, 1.165) is 7.11 Å². The Balaban J connectivity index is 2.56. The van der Waals surface area contributed by atoms with Gasteiger partial charge in [0.25, 0.3) is 5.91 Å². The summed E-state index contributed by atoms with van der Waals surface area (Å²) in [7, 11) is 2.83. The minimum Gasteiger partial charge on any atom is -0.467 e. The summed E-state index contributed by atoms with van der Waals surface area (Å²) < 4.78 is 5.86. The van der Waals surface area contributed by atoms with Gasteiger partial charge in [-0.15, -0.1) is 0 Å². The normalized spacial score (nSPS) is 11.9. The Morgan fingerprint density at radius 3 is 2.76 bits per heavy atom. The maximum absolute atomic E-state index is 11.6. The van der Waals surface area contributed by atoms with E-state index in [0.29, 0.717) is 11.4 Å². The number of aromatic nitrogens is 1. The summed E-state index contributed by atoms with van der Waals surface area (Å²) in [6, 6.07) is 1.50. The van der Waals surface area contributed by atoms with Crippen LogP contribution in [0.2, 0.25) is 0 Å². The molecule has 1 rings (SSSR count). The molecule has 1 atom stereocenters. The second kappa shape index (κ2) is 5.35. The molecule has 0 aliphatic rings. The first-order chi connectivity index (χ1) is 7.95. The maximum Gasteiger partial charge on any atom is 0.336 e. The highest BCUT2D eigenvalue weighted by Crippen LogP contribution is 2.08. The van der Waals surface area contributed by atoms with Crippen LogP contribution in [0.25, 0.3) is 0 Å². The maximum atomic E-state index is 11.6. The molecule has 0 bridgehead atoms. The second-order valence-electron chi connectivity index (χ2n) is 3.52. The van der Waals surface area contributed by atoms with Gasteiger partial charge in [-0.05, 0) is 6.07 Å². The zero-order valence-electron chi connectivity index (χ0n) is 9.64. The molecule has 1 aromatic rings. The molecule has 1 aromatic heterocycles. The molecule has 0 radical (unpaired) electrons. The van der Waals surface area contributed by atoms with Crippen LogP contribution >= 0.6 is 0 Å². The van der Waals surface area contributed by atoms with E-state index < -0.39 is 18.0 Å². The van der Waals surface area contributed by atoms with Crippen LogP contribution in [0.15, 0.2) is 12.3 Å². The number of hydrogen-bond acceptors (Lipinski definition) is 5. The molecule has 94 valence electrons. The number of nitrogens with two attached hydrogens (primary N) is 1. The van der Waals surface area contributed by atoms with Crippen molar-refractivity contribution in [3.8, 4) is 0 Å². The van der Waals surface area contributed by atoms with Gasteiger partial charge in [-0.25, -0.2) is 4.79 Å². The number of aliphatic hydroxyl groups is 1. The summed E-state index contributed by atoms with van der Waals surface area (Å²) in [5, 5.41) is 11.7. The average molecular weight is 241 g/mol. The summed E-state index contributed by atoms with van der Waals surface area (Å²) in [6.07, 6.45) is 0.215. The van der Waals surface area contributed by atoms with E-state index >= 15 is 0 Å². The molecule has 0 saturated heterocycles. The SMILES string of the molecule is COC(=O)C(O)CNC(=O)c1cc(N)cn1C. The number of esters is 1. The number of methoxy groups -OCH3 is 1. The molecule has 0 aliphatic heterocycles. The standard InChI is InChI=1S/C10H15N3O4/c1-13-5-6(11)3-7(13)9(15)12-4-8(14)10(16)17-2/h3,5,8,14H,4,11H2,1-2H3,(H,12,15). The first kappa shape index (κ1) is 13.0. The molecule has 1 unspecified atom stereocenters. The Bertz CT molecular complexity index is 427. The number of nitrogen functional groups attached to an aromatic ring is 1. The number of hydrogen-bond donors (Lipinski definition) is 3. The first-order valence-electron chi connectivity index (χ1n) is 4.91. The van der Waals surface area contributed by atoms with Crippen LogP contribution < -0.4 is 11.1 Å². The van der Waals surface area contributed by atoms with Crippen molar-refractivity contribution in [2.24, 2.45) is 7.05 Å². The zero-order valence-corrected chi connectivity index (χ0v) is 9.64. The molecule has 1 amide bonds. The van der Waals surface area contributed by atoms with Gasteiger partial charge in [0, 0.05) is 13.2 Å². The Morgan fingerprint density at radius 2 is 2.29 bits per heavy atom. The lowest BCUT2D eigenvalue weighted by molar-refractivity contribution is -0.149. The molecule has 4 N–H and O–H groups in total. The van der Waals surface area contributed by atoms with Crippen LogP contribution in [-0.4, -0.2) is 41.3 Å². The molecule has 0 spiro atoms. The van der Waals surface area contributed by atoms with Gasteiger partial charge in [0.05, 0.1) is 19.3 Å². The highest BCUT2D eigenvalue weighted by Gasteiger charge is 2.17. The fourth-order valence-electron chi connectivity index (χ4n) is 1.32. The van der Waals surface area contributed by atoms with Gasteiger partial charge in [0.15, 0.2) is 6.10 Å². The lowest BCUT2D eigenvalue weighted by atomic mass is 10.3. The Morgan fingerprint density at radius 1 is 1.65 bits per heavy atom. The van der Waals surface area contributed by atoms with Crippen molar-refractivity contribution in [2.45, 2.75) is 6.10 Å². The summed E-state index contributed by atoms with van der Waals surface area (Å²) in [5.74, 6) is -1.22. The predicted octanol–water partition coefficient (Wildman–Crippen LogP) is -1.13. The van der Waals surface area contributed by atoms with E-state index in [1.54, 1.807) is 17.8 Å². The quantitative estimate of drug-likeness (QED) is 0.578. The minimum absolute atomic E-state index is 0.212. The van der Waals surface area contributed by atoms with E-state index in [-0.39, 0.29) is 6.54 Å². The largest absolute Gasteiger partial charge is 0.467 e. The number of aryl methyl sites for hydroxylation is 1. The highest BCUT2D eigenvalue weighted by atomic mass is 16.5. The van der Waals surface area contributed by atoms with E-state index in [2.05, 4.69) is 10.1 Å². The number of carbonyl (C=O) groups excluding carboxylic acids is 2. The topological polar surface area (TPSA) is 107 Å². The molecule has 7 heteroatoms. The molecular weight excluding hydrogens is 226 g/mol.